The van der Waals surface area contributed by atoms with Crippen LogP contribution in [0.2, 0.25) is 0 Å². The summed E-state index contributed by atoms with van der Waals surface area (Å²) in [6, 6.07) is 3.84. The fourth-order valence-electron chi connectivity index (χ4n) is 3.58. The lowest BCUT2D eigenvalue weighted by atomic mass is 10.1. The molecular formula is C19H22N6O3S. The number of rotatable bonds is 6. The Balaban J connectivity index is 1.41. The molecule has 2 aliphatic rings. The van der Waals surface area contributed by atoms with E-state index in [2.05, 4.69) is 20.4 Å². The van der Waals surface area contributed by atoms with E-state index in [4.69, 9.17) is 0 Å². The monoisotopic (exact) mass is 414 g/mol. The molecule has 5 rings (SSSR count). The van der Waals surface area contributed by atoms with Crippen LogP contribution in [-0.4, -0.2) is 57.2 Å². The Hall–Kier alpha value is -2.72. The highest BCUT2D eigenvalue weighted by molar-refractivity contribution is 7.89. The number of hydrogen-bond acceptors (Lipinski definition) is 5. The number of carbonyl (C=O) groups is 1. The predicted molar refractivity (Wildman–Crippen MR) is 109 cm³/mol. The molecule has 2 N–H and O–H groups in total. The molecular weight excluding hydrogens is 392 g/mol. The Labute approximate surface area is 168 Å². The van der Waals surface area contributed by atoms with Gasteiger partial charge in [0.05, 0.1) is 18.0 Å². The van der Waals surface area contributed by atoms with Crippen LogP contribution < -0.4 is 5.32 Å². The molecule has 3 aromatic rings. The topological polar surface area (TPSA) is 113 Å². The van der Waals surface area contributed by atoms with Crippen LogP contribution in [0, 0.1) is 5.92 Å². The first-order chi connectivity index (χ1) is 13.9. The zero-order valence-electron chi connectivity index (χ0n) is 16.0. The van der Waals surface area contributed by atoms with Gasteiger partial charge in [0, 0.05) is 42.4 Å². The van der Waals surface area contributed by atoms with Gasteiger partial charge in [-0.25, -0.2) is 13.4 Å². The lowest BCUT2D eigenvalue weighted by Gasteiger charge is -2.37. The third-order valence-corrected chi connectivity index (χ3v) is 7.42. The fourth-order valence-corrected chi connectivity index (χ4v) is 4.75. The molecule has 1 saturated heterocycles. The van der Waals surface area contributed by atoms with E-state index in [1.54, 1.807) is 13.1 Å². The van der Waals surface area contributed by atoms with Gasteiger partial charge in [0.2, 0.25) is 15.9 Å². The van der Waals surface area contributed by atoms with E-state index < -0.39 is 10.0 Å². The Morgan fingerprint density at radius 3 is 2.86 bits per heavy atom. The molecule has 0 aromatic carbocycles. The van der Waals surface area contributed by atoms with Crippen LogP contribution in [0.1, 0.15) is 25.8 Å². The zero-order valence-corrected chi connectivity index (χ0v) is 16.8. The molecule has 152 valence electrons. The number of anilines is 1. The quantitative estimate of drug-likeness (QED) is 0.640. The van der Waals surface area contributed by atoms with Gasteiger partial charge < -0.3 is 10.3 Å². The summed E-state index contributed by atoms with van der Waals surface area (Å²) in [5, 5.41) is 8.30. The van der Waals surface area contributed by atoms with Gasteiger partial charge in [-0.2, -0.15) is 9.40 Å². The second-order valence-electron chi connectivity index (χ2n) is 7.64. The molecule has 1 aliphatic carbocycles. The lowest BCUT2D eigenvalue weighted by Crippen LogP contribution is -2.51. The predicted octanol–water partition coefficient (Wildman–Crippen LogP) is 1.98. The van der Waals surface area contributed by atoms with Crippen LogP contribution in [0.25, 0.3) is 22.2 Å². The smallest absolute Gasteiger partial charge is 0.228 e. The van der Waals surface area contributed by atoms with Crippen molar-refractivity contribution in [1.82, 2.24) is 24.1 Å². The van der Waals surface area contributed by atoms with Crippen LogP contribution >= 0.6 is 0 Å². The summed E-state index contributed by atoms with van der Waals surface area (Å²) in [5.74, 6) is 0.741. The summed E-state index contributed by atoms with van der Waals surface area (Å²) in [4.78, 5) is 19.7. The maximum Gasteiger partial charge on any atom is 0.228 e. The number of H-pyrrole nitrogens is 1. The average molecular weight is 414 g/mol. The zero-order chi connectivity index (χ0) is 20.2. The van der Waals surface area contributed by atoms with Gasteiger partial charge in [-0.1, -0.05) is 0 Å². The summed E-state index contributed by atoms with van der Waals surface area (Å²) in [7, 11) is -3.15. The van der Waals surface area contributed by atoms with Crippen molar-refractivity contribution < 1.29 is 13.2 Å². The summed E-state index contributed by atoms with van der Waals surface area (Å²) in [6.45, 7) is 2.53. The number of amides is 1. The van der Waals surface area contributed by atoms with E-state index in [1.807, 2.05) is 29.2 Å². The maximum atomic E-state index is 12.1. The number of carbonyl (C=O) groups excluding carboxylic acids is 1. The average Bonchev–Trinajstić information content (AvgIpc) is 3.22. The molecule has 3 aromatic heterocycles. The number of pyridine rings is 1. The van der Waals surface area contributed by atoms with Crippen molar-refractivity contribution in [3.63, 3.8) is 0 Å². The van der Waals surface area contributed by atoms with Crippen molar-refractivity contribution in [3.8, 4) is 11.1 Å². The first-order valence-electron chi connectivity index (χ1n) is 9.76. The van der Waals surface area contributed by atoms with Crippen LogP contribution in [0.4, 0.5) is 5.82 Å². The number of aromatic nitrogens is 4. The molecule has 1 saturated carbocycles. The fraction of sp³-hybridized carbons (Fsp3) is 0.421. The first-order valence-corrected chi connectivity index (χ1v) is 11.4. The minimum atomic E-state index is -3.15. The number of hydrogen-bond donors (Lipinski definition) is 2. The number of nitrogens with one attached hydrogen (secondary N) is 2. The van der Waals surface area contributed by atoms with E-state index in [1.165, 1.54) is 4.31 Å². The number of aromatic amines is 1. The van der Waals surface area contributed by atoms with Crippen LogP contribution in [0.5, 0.6) is 0 Å². The third-order valence-electron chi connectivity index (χ3n) is 5.60. The Kier molecular flexibility index (Phi) is 4.21. The lowest BCUT2D eigenvalue weighted by molar-refractivity contribution is -0.117. The molecule has 0 radical (unpaired) electrons. The van der Waals surface area contributed by atoms with Crippen molar-refractivity contribution in [1.29, 1.82) is 0 Å². The number of fused-ring (bicyclic) bond motifs is 1. The standard InChI is InChI=1S/C19H22N6O3S/c1-2-29(27,28)24-10-14(11-24)25-9-13(8-21-25)16-7-17(23-19(26)12-3-4-12)22-18-15(16)5-6-20-18/h5-9,12,14H,2-4,10-11H2,1H3,(H2,20,22,23,26). The molecule has 4 heterocycles. The summed E-state index contributed by atoms with van der Waals surface area (Å²) in [6.07, 6.45) is 7.38. The highest BCUT2D eigenvalue weighted by Gasteiger charge is 2.36. The molecule has 0 atom stereocenters. The van der Waals surface area contributed by atoms with E-state index in [-0.39, 0.29) is 23.6 Å². The van der Waals surface area contributed by atoms with E-state index >= 15 is 0 Å². The number of sulfonamides is 1. The highest BCUT2D eigenvalue weighted by atomic mass is 32.2. The first kappa shape index (κ1) is 18.3. The Morgan fingerprint density at radius 1 is 1.34 bits per heavy atom. The van der Waals surface area contributed by atoms with Gasteiger partial charge in [0.15, 0.2) is 0 Å². The van der Waals surface area contributed by atoms with Crippen molar-refractivity contribution in [3.05, 3.63) is 30.7 Å². The molecule has 0 unspecified atom stereocenters. The van der Waals surface area contributed by atoms with Crippen molar-refractivity contribution >= 4 is 32.8 Å². The van der Waals surface area contributed by atoms with Gasteiger partial charge in [0.1, 0.15) is 11.5 Å². The van der Waals surface area contributed by atoms with Gasteiger partial charge in [-0.15, -0.1) is 0 Å². The largest absolute Gasteiger partial charge is 0.346 e. The van der Waals surface area contributed by atoms with Gasteiger partial charge >= 0.3 is 0 Å². The van der Waals surface area contributed by atoms with Gasteiger partial charge in [0.25, 0.3) is 0 Å². The third kappa shape index (κ3) is 3.32. The molecule has 29 heavy (non-hydrogen) atoms. The minimum absolute atomic E-state index is 0.0109. The molecule has 1 amide bonds. The van der Waals surface area contributed by atoms with E-state index in [0.717, 1.165) is 29.4 Å². The molecule has 0 bridgehead atoms. The Morgan fingerprint density at radius 2 is 2.14 bits per heavy atom. The molecule has 1 aliphatic heterocycles. The molecule has 0 spiro atoms. The molecule has 10 heteroatoms. The second-order valence-corrected chi connectivity index (χ2v) is 9.90. The van der Waals surface area contributed by atoms with E-state index in [9.17, 15) is 13.2 Å². The van der Waals surface area contributed by atoms with Crippen molar-refractivity contribution in [2.45, 2.75) is 25.8 Å². The summed E-state index contributed by atoms with van der Waals surface area (Å²) in [5.41, 5.74) is 2.52. The summed E-state index contributed by atoms with van der Waals surface area (Å²) >= 11 is 0. The van der Waals surface area contributed by atoms with Gasteiger partial charge in [-0.05, 0) is 37.5 Å². The highest BCUT2D eigenvalue weighted by Crippen LogP contribution is 2.33. The normalized spacial score (nSPS) is 18.1. The molecule has 2 fully saturated rings. The minimum Gasteiger partial charge on any atom is -0.346 e. The van der Waals surface area contributed by atoms with Crippen molar-refractivity contribution in [2.24, 2.45) is 5.92 Å². The van der Waals surface area contributed by atoms with Crippen molar-refractivity contribution in [2.75, 3.05) is 24.2 Å². The second kappa shape index (κ2) is 6.67. The SMILES string of the molecule is CCS(=O)(=O)N1CC(n2cc(-c3cc(NC(=O)C4CC4)nc4[nH]ccc34)cn2)C1. The Bertz CT molecular complexity index is 1190. The molecule has 9 nitrogen and oxygen atoms in total. The summed E-state index contributed by atoms with van der Waals surface area (Å²) < 4.78 is 27.2. The maximum absolute atomic E-state index is 12.1. The van der Waals surface area contributed by atoms with Gasteiger partial charge in [-0.3, -0.25) is 9.48 Å². The van der Waals surface area contributed by atoms with Crippen LogP contribution in [0.3, 0.4) is 0 Å². The van der Waals surface area contributed by atoms with Crippen LogP contribution in [0.15, 0.2) is 30.7 Å². The number of nitrogens with zero attached hydrogens (tertiary/aromatic N) is 4. The van der Waals surface area contributed by atoms with Crippen LogP contribution in [-0.2, 0) is 14.8 Å². The van der Waals surface area contributed by atoms with E-state index in [0.29, 0.717) is 24.6 Å².